The molecule has 1 aromatic carbocycles. The lowest BCUT2D eigenvalue weighted by molar-refractivity contribution is -0.939. The van der Waals surface area contributed by atoms with Crippen LogP contribution < -0.4 is 9.47 Å². The molecular formula is C22H35N7+2. The van der Waals surface area contributed by atoms with Gasteiger partial charge >= 0.3 is 5.95 Å². The minimum Gasteiger partial charge on any atom is -0.369 e. The van der Waals surface area contributed by atoms with E-state index in [2.05, 4.69) is 86.7 Å². The maximum atomic E-state index is 4.51. The van der Waals surface area contributed by atoms with Gasteiger partial charge in [0.05, 0.1) is 58.2 Å². The van der Waals surface area contributed by atoms with E-state index >= 15 is 0 Å². The van der Waals surface area contributed by atoms with E-state index in [1.807, 2.05) is 0 Å². The zero-order valence-electron chi connectivity index (χ0n) is 18.2. The monoisotopic (exact) mass is 397 g/mol. The van der Waals surface area contributed by atoms with E-state index in [1.54, 1.807) is 0 Å². The van der Waals surface area contributed by atoms with Crippen molar-refractivity contribution in [3.8, 4) is 0 Å². The van der Waals surface area contributed by atoms with Crippen LogP contribution in [-0.4, -0.2) is 73.4 Å². The van der Waals surface area contributed by atoms with Gasteiger partial charge in [0.15, 0.2) is 0 Å². The summed E-state index contributed by atoms with van der Waals surface area (Å²) in [5.74, 6) is 0.895. The second-order valence-electron chi connectivity index (χ2n) is 8.39. The van der Waals surface area contributed by atoms with Crippen molar-refractivity contribution in [2.45, 2.75) is 26.9 Å². The van der Waals surface area contributed by atoms with Gasteiger partial charge in [-0.05, 0) is 38.1 Å². The second kappa shape index (κ2) is 8.63. The molecule has 0 saturated carbocycles. The molecular weight excluding hydrogens is 362 g/mol. The highest BCUT2D eigenvalue weighted by molar-refractivity contribution is 5.52. The SMILES string of the molecule is CCn1cc[n+](CC)c1N=Nc1ccc(N(C)CC[N+]23CCN(CC2)CC3)cc1. The summed E-state index contributed by atoms with van der Waals surface area (Å²) in [4.78, 5) is 4.98. The quantitative estimate of drug-likeness (QED) is 0.390. The molecule has 2 bridgehead atoms. The lowest BCUT2D eigenvalue weighted by Gasteiger charge is -2.51. The highest BCUT2D eigenvalue weighted by atomic mass is 15.5. The van der Waals surface area contributed by atoms with Gasteiger partial charge in [0.2, 0.25) is 0 Å². The number of hydrogen-bond donors (Lipinski definition) is 0. The predicted octanol–water partition coefficient (Wildman–Crippen LogP) is 2.81. The van der Waals surface area contributed by atoms with Crippen LogP contribution in [0.1, 0.15) is 13.8 Å². The van der Waals surface area contributed by atoms with Crippen molar-refractivity contribution in [2.75, 3.05) is 64.3 Å². The van der Waals surface area contributed by atoms with Gasteiger partial charge in [0.25, 0.3) is 0 Å². The number of imidazole rings is 1. The fourth-order valence-corrected chi connectivity index (χ4v) is 4.50. The molecule has 7 heteroatoms. The number of azo groups is 1. The van der Waals surface area contributed by atoms with Gasteiger partial charge in [-0.3, -0.25) is 4.90 Å². The molecule has 3 aliphatic rings. The lowest BCUT2D eigenvalue weighted by atomic mass is 10.1. The Balaban J connectivity index is 1.37. The van der Waals surface area contributed by atoms with Crippen LogP contribution in [0.2, 0.25) is 0 Å². The average molecular weight is 398 g/mol. The third kappa shape index (κ3) is 4.36. The van der Waals surface area contributed by atoms with Crippen LogP contribution in [0, 0.1) is 0 Å². The first-order chi connectivity index (χ1) is 14.1. The molecule has 4 heterocycles. The third-order valence-electron chi connectivity index (χ3n) is 6.75. The topological polar surface area (TPSA) is 40.0 Å². The molecule has 3 aliphatic heterocycles. The number of piperazine rings is 3. The van der Waals surface area contributed by atoms with E-state index in [0.29, 0.717) is 0 Å². The summed E-state index contributed by atoms with van der Waals surface area (Å²) in [5, 5.41) is 8.98. The normalized spacial score (nSPS) is 23.8. The van der Waals surface area contributed by atoms with Gasteiger partial charge in [0, 0.05) is 37.5 Å². The number of aryl methyl sites for hydroxylation is 2. The number of rotatable bonds is 8. The number of likely N-dealkylation sites (N-methyl/N-ethyl adjacent to an activating group) is 1. The highest BCUT2D eigenvalue weighted by Gasteiger charge is 2.38. The Labute approximate surface area is 174 Å². The van der Waals surface area contributed by atoms with Gasteiger partial charge in [-0.25, -0.2) is 9.13 Å². The van der Waals surface area contributed by atoms with Crippen LogP contribution in [0.15, 0.2) is 46.9 Å². The molecule has 2 aromatic rings. The van der Waals surface area contributed by atoms with Gasteiger partial charge < -0.3 is 9.38 Å². The van der Waals surface area contributed by atoms with Crippen molar-refractivity contribution in [1.82, 2.24) is 9.47 Å². The molecule has 3 saturated heterocycles. The van der Waals surface area contributed by atoms with Crippen LogP contribution in [0.5, 0.6) is 0 Å². The number of aromatic nitrogens is 2. The maximum absolute atomic E-state index is 4.51. The van der Waals surface area contributed by atoms with E-state index < -0.39 is 0 Å². The van der Waals surface area contributed by atoms with E-state index in [-0.39, 0.29) is 0 Å². The smallest absolute Gasteiger partial charge is 0.369 e. The summed E-state index contributed by atoms with van der Waals surface area (Å²) >= 11 is 0. The summed E-state index contributed by atoms with van der Waals surface area (Å²) in [6.07, 6.45) is 4.12. The van der Waals surface area contributed by atoms with Gasteiger partial charge in [-0.2, -0.15) is 0 Å². The van der Waals surface area contributed by atoms with E-state index in [0.717, 1.165) is 31.3 Å². The first-order valence-electron chi connectivity index (χ1n) is 11.0. The van der Waals surface area contributed by atoms with Crippen molar-refractivity contribution in [3.63, 3.8) is 0 Å². The molecule has 1 aromatic heterocycles. The largest absolute Gasteiger partial charge is 0.421 e. The number of anilines is 1. The Kier molecular flexibility index (Phi) is 5.96. The standard InChI is InChI=1S/C22H35N7/c1-4-27-10-11-28(5-2)22(27)24-23-20-6-8-21(9-7-20)25(3)12-16-29-17-13-26(14-18-29)15-19-29/h6-11H,4-5,12-19H2,1-3H3/q+2. The minimum atomic E-state index is 0.891. The Hall–Kier alpha value is -2.25. The van der Waals surface area contributed by atoms with Crippen LogP contribution >= 0.6 is 0 Å². The van der Waals surface area contributed by atoms with Crippen LogP contribution in [0.4, 0.5) is 17.3 Å². The molecule has 7 nitrogen and oxygen atoms in total. The molecule has 5 rings (SSSR count). The third-order valence-corrected chi connectivity index (χ3v) is 6.75. The second-order valence-corrected chi connectivity index (χ2v) is 8.39. The highest BCUT2D eigenvalue weighted by Crippen LogP contribution is 2.23. The summed E-state index contributed by atoms with van der Waals surface area (Å²) < 4.78 is 5.53. The molecule has 156 valence electrons. The van der Waals surface area contributed by atoms with E-state index in [1.165, 1.54) is 56.0 Å². The fourth-order valence-electron chi connectivity index (χ4n) is 4.50. The molecule has 0 radical (unpaired) electrons. The fraction of sp³-hybridized carbons (Fsp3) is 0.591. The molecule has 0 amide bonds. The number of fused-ring (bicyclic) bond motifs is 3. The Bertz CT molecular complexity index is 796. The number of quaternary nitrogens is 1. The van der Waals surface area contributed by atoms with E-state index in [4.69, 9.17) is 0 Å². The summed E-state index contributed by atoms with van der Waals surface area (Å²) in [6, 6.07) is 8.46. The lowest BCUT2D eigenvalue weighted by Crippen LogP contribution is -2.68. The van der Waals surface area contributed by atoms with Crippen molar-refractivity contribution < 1.29 is 9.05 Å². The Morgan fingerprint density at radius 2 is 1.72 bits per heavy atom. The van der Waals surface area contributed by atoms with Gasteiger partial charge in [0.1, 0.15) is 5.69 Å². The maximum Gasteiger partial charge on any atom is 0.421 e. The number of benzene rings is 1. The molecule has 0 N–H and O–H groups in total. The molecule has 3 fully saturated rings. The van der Waals surface area contributed by atoms with Crippen LogP contribution in [0.3, 0.4) is 0 Å². The van der Waals surface area contributed by atoms with Crippen molar-refractivity contribution in [3.05, 3.63) is 36.7 Å². The zero-order valence-corrected chi connectivity index (χ0v) is 18.2. The summed E-state index contributed by atoms with van der Waals surface area (Å²) in [7, 11) is 2.20. The summed E-state index contributed by atoms with van der Waals surface area (Å²) in [5.41, 5.74) is 2.14. The molecule has 0 spiro atoms. The first-order valence-corrected chi connectivity index (χ1v) is 11.0. The van der Waals surface area contributed by atoms with Gasteiger partial charge in [-0.1, -0.05) is 5.11 Å². The summed E-state index contributed by atoms with van der Waals surface area (Å²) in [6.45, 7) is 16.2. The molecule has 0 atom stereocenters. The first kappa shape index (κ1) is 20.0. The minimum absolute atomic E-state index is 0.891. The Morgan fingerprint density at radius 1 is 1.03 bits per heavy atom. The number of hydrogen-bond acceptors (Lipinski definition) is 4. The average Bonchev–Trinajstić information content (AvgIpc) is 3.19. The van der Waals surface area contributed by atoms with Crippen molar-refractivity contribution in [1.29, 1.82) is 0 Å². The molecule has 0 aliphatic carbocycles. The van der Waals surface area contributed by atoms with Crippen LogP contribution in [0.25, 0.3) is 0 Å². The van der Waals surface area contributed by atoms with E-state index in [9.17, 15) is 0 Å². The predicted molar refractivity (Wildman–Crippen MR) is 116 cm³/mol. The van der Waals surface area contributed by atoms with Crippen molar-refractivity contribution >= 4 is 17.3 Å². The zero-order chi connectivity index (χ0) is 20.3. The van der Waals surface area contributed by atoms with Crippen LogP contribution in [-0.2, 0) is 13.1 Å². The molecule has 0 unspecified atom stereocenters. The van der Waals surface area contributed by atoms with Crippen molar-refractivity contribution in [2.24, 2.45) is 10.2 Å². The molecule has 29 heavy (non-hydrogen) atoms. The van der Waals surface area contributed by atoms with Gasteiger partial charge in [-0.15, -0.1) is 0 Å². The number of nitrogens with zero attached hydrogens (tertiary/aromatic N) is 7. The Morgan fingerprint density at radius 3 is 2.34 bits per heavy atom.